The van der Waals surface area contributed by atoms with Crippen LogP contribution < -0.4 is 14.8 Å². The lowest BCUT2D eigenvalue weighted by atomic mass is 10.2. The third-order valence-electron chi connectivity index (χ3n) is 3.88. The third kappa shape index (κ3) is 3.01. The number of hydrogen-bond donors (Lipinski definition) is 1. The van der Waals surface area contributed by atoms with Gasteiger partial charge in [0.2, 0.25) is 5.91 Å². The summed E-state index contributed by atoms with van der Waals surface area (Å²) in [7, 11) is 0. The summed E-state index contributed by atoms with van der Waals surface area (Å²) >= 11 is 1.59. The van der Waals surface area contributed by atoms with Crippen molar-refractivity contribution in [3.63, 3.8) is 0 Å². The minimum absolute atomic E-state index is 0.00698. The molecule has 3 heterocycles. The van der Waals surface area contributed by atoms with Crippen LogP contribution in [0.15, 0.2) is 40.4 Å². The Balaban J connectivity index is 1.27. The number of aliphatic imine (C=N–C) groups is 1. The minimum atomic E-state index is -0.162. The van der Waals surface area contributed by atoms with Crippen molar-refractivity contribution in [1.82, 2.24) is 10.2 Å². The molecule has 1 N–H and O–H groups in total. The standard InChI is InChI=1S/C16H17N3O3S/c20-15(7-11-10-23-16-17-5-6-19(11)16)18-8-12-9-21-13-3-1-2-4-14(13)22-12/h1-4,10,12H,5-9H2,(H,18,20)/t12-/m1/s1. The summed E-state index contributed by atoms with van der Waals surface area (Å²) in [5.41, 5.74) is 1.02. The van der Waals surface area contributed by atoms with Crippen molar-refractivity contribution < 1.29 is 14.3 Å². The van der Waals surface area contributed by atoms with Gasteiger partial charge in [0, 0.05) is 12.2 Å². The fourth-order valence-electron chi connectivity index (χ4n) is 2.73. The van der Waals surface area contributed by atoms with Crippen LogP contribution in [0, 0.1) is 0 Å². The first-order chi connectivity index (χ1) is 11.3. The van der Waals surface area contributed by atoms with Gasteiger partial charge in [0.25, 0.3) is 0 Å². The number of amidine groups is 1. The highest BCUT2D eigenvalue weighted by Gasteiger charge is 2.28. The zero-order valence-electron chi connectivity index (χ0n) is 12.5. The number of para-hydroxylation sites is 2. The lowest BCUT2D eigenvalue weighted by molar-refractivity contribution is -0.121. The largest absolute Gasteiger partial charge is 0.486 e. The molecule has 1 aromatic rings. The summed E-state index contributed by atoms with van der Waals surface area (Å²) < 4.78 is 11.5. The van der Waals surface area contributed by atoms with E-state index in [0.29, 0.717) is 19.6 Å². The SMILES string of the molecule is O=C(CC1=CSC2=NCCN12)NC[C@@H]1COc2ccccc2O1. The molecule has 23 heavy (non-hydrogen) atoms. The smallest absolute Gasteiger partial charge is 0.226 e. The third-order valence-corrected chi connectivity index (χ3v) is 4.83. The number of fused-ring (bicyclic) bond motifs is 2. The molecule has 0 radical (unpaired) electrons. The van der Waals surface area contributed by atoms with Gasteiger partial charge in [-0.3, -0.25) is 9.79 Å². The normalized spacial score (nSPS) is 21.6. The van der Waals surface area contributed by atoms with Crippen LogP contribution in [0.5, 0.6) is 11.5 Å². The van der Waals surface area contributed by atoms with Gasteiger partial charge in [0.1, 0.15) is 12.7 Å². The van der Waals surface area contributed by atoms with Crippen molar-refractivity contribution >= 4 is 22.8 Å². The average molecular weight is 331 g/mol. The number of benzene rings is 1. The molecule has 120 valence electrons. The molecule has 0 aliphatic carbocycles. The first-order valence-corrected chi connectivity index (χ1v) is 8.50. The van der Waals surface area contributed by atoms with E-state index in [2.05, 4.69) is 15.2 Å². The maximum Gasteiger partial charge on any atom is 0.226 e. The molecule has 1 amide bonds. The van der Waals surface area contributed by atoms with E-state index in [4.69, 9.17) is 9.47 Å². The Morgan fingerprint density at radius 3 is 3.17 bits per heavy atom. The molecule has 3 aliphatic rings. The second-order valence-corrected chi connectivity index (χ2v) is 6.36. The van der Waals surface area contributed by atoms with Gasteiger partial charge in [-0.05, 0) is 17.5 Å². The number of thioether (sulfide) groups is 1. The maximum atomic E-state index is 12.2. The average Bonchev–Trinajstić information content (AvgIpc) is 3.18. The topological polar surface area (TPSA) is 63.2 Å². The predicted octanol–water partition coefficient (Wildman–Crippen LogP) is 1.59. The number of ether oxygens (including phenoxy) is 2. The van der Waals surface area contributed by atoms with Crippen molar-refractivity contribution in [3.05, 3.63) is 35.4 Å². The van der Waals surface area contributed by atoms with Gasteiger partial charge in [-0.1, -0.05) is 23.9 Å². The quantitative estimate of drug-likeness (QED) is 0.908. The lowest BCUT2D eigenvalue weighted by Gasteiger charge is -2.26. The van der Waals surface area contributed by atoms with Crippen LogP contribution in [0.4, 0.5) is 0 Å². The number of nitrogens with zero attached hydrogens (tertiary/aromatic N) is 2. The molecule has 6 nitrogen and oxygen atoms in total. The molecule has 0 spiro atoms. The van der Waals surface area contributed by atoms with Crippen LogP contribution in [0.2, 0.25) is 0 Å². The van der Waals surface area contributed by atoms with Gasteiger partial charge < -0.3 is 19.7 Å². The molecule has 3 aliphatic heterocycles. The first-order valence-electron chi connectivity index (χ1n) is 7.62. The molecule has 1 atom stereocenters. The number of hydrogen-bond acceptors (Lipinski definition) is 6. The van der Waals surface area contributed by atoms with Crippen LogP contribution in [0.1, 0.15) is 6.42 Å². The van der Waals surface area contributed by atoms with Crippen LogP contribution in [-0.2, 0) is 4.79 Å². The number of nitrogens with one attached hydrogen (secondary N) is 1. The molecule has 1 aromatic carbocycles. The summed E-state index contributed by atoms with van der Waals surface area (Å²) in [4.78, 5) is 18.6. The second-order valence-electron chi connectivity index (χ2n) is 5.52. The van der Waals surface area contributed by atoms with E-state index in [9.17, 15) is 4.79 Å². The first kappa shape index (κ1) is 14.4. The number of carbonyl (C=O) groups is 1. The number of amides is 1. The van der Waals surface area contributed by atoms with E-state index < -0.39 is 0 Å². The van der Waals surface area contributed by atoms with Gasteiger partial charge in [-0.15, -0.1) is 0 Å². The van der Waals surface area contributed by atoms with Crippen LogP contribution in [-0.4, -0.2) is 48.3 Å². The van der Waals surface area contributed by atoms with Crippen molar-refractivity contribution in [2.75, 3.05) is 26.2 Å². The second kappa shape index (κ2) is 6.16. The van der Waals surface area contributed by atoms with Crippen molar-refractivity contribution in [3.8, 4) is 11.5 Å². The fraction of sp³-hybridized carbons (Fsp3) is 0.375. The van der Waals surface area contributed by atoms with E-state index in [1.54, 1.807) is 11.8 Å². The Bertz CT molecular complexity index is 689. The highest BCUT2D eigenvalue weighted by atomic mass is 32.2. The fourth-order valence-corrected chi connectivity index (χ4v) is 3.69. The zero-order valence-corrected chi connectivity index (χ0v) is 13.3. The molecule has 0 bridgehead atoms. The summed E-state index contributed by atoms with van der Waals surface area (Å²) in [5, 5.41) is 5.95. The summed E-state index contributed by atoms with van der Waals surface area (Å²) in [6.07, 6.45) is 0.209. The number of rotatable bonds is 4. The van der Waals surface area contributed by atoms with Crippen molar-refractivity contribution in [2.45, 2.75) is 12.5 Å². The Hall–Kier alpha value is -2.15. The van der Waals surface area contributed by atoms with Crippen molar-refractivity contribution in [2.24, 2.45) is 4.99 Å². The molecule has 0 fully saturated rings. The Morgan fingerprint density at radius 2 is 2.26 bits per heavy atom. The summed E-state index contributed by atoms with van der Waals surface area (Å²) in [6.45, 7) is 2.57. The van der Waals surface area contributed by atoms with Crippen LogP contribution in [0.25, 0.3) is 0 Å². The molecule has 0 aromatic heterocycles. The Labute approximate surface area is 138 Å². The van der Waals surface area contributed by atoms with E-state index in [0.717, 1.165) is 35.5 Å². The van der Waals surface area contributed by atoms with E-state index >= 15 is 0 Å². The Morgan fingerprint density at radius 1 is 1.39 bits per heavy atom. The molecular formula is C16H17N3O3S. The zero-order chi connectivity index (χ0) is 15.6. The van der Waals surface area contributed by atoms with Gasteiger partial charge >= 0.3 is 0 Å². The highest BCUT2D eigenvalue weighted by Crippen LogP contribution is 2.31. The van der Waals surface area contributed by atoms with Gasteiger partial charge in [0.05, 0.1) is 19.5 Å². The lowest BCUT2D eigenvalue weighted by Crippen LogP contribution is -2.41. The van der Waals surface area contributed by atoms with Crippen LogP contribution in [0.3, 0.4) is 0 Å². The summed E-state index contributed by atoms with van der Waals surface area (Å²) in [6, 6.07) is 7.57. The number of carbonyl (C=O) groups excluding carboxylic acids is 1. The molecular weight excluding hydrogens is 314 g/mol. The Kier molecular flexibility index (Phi) is 3.87. The monoisotopic (exact) mass is 331 g/mol. The maximum absolute atomic E-state index is 12.2. The molecule has 0 unspecified atom stereocenters. The molecule has 0 saturated carbocycles. The van der Waals surface area contributed by atoms with Gasteiger partial charge in [-0.2, -0.15) is 0 Å². The van der Waals surface area contributed by atoms with Gasteiger partial charge in [-0.25, -0.2) is 0 Å². The van der Waals surface area contributed by atoms with Gasteiger partial charge in [0.15, 0.2) is 16.7 Å². The molecule has 0 saturated heterocycles. The molecule has 4 rings (SSSR count). The van der Waals surface area contributed by atoms with E-state index in [1.807, 2.05) is 29.7 Å². The van der Waals surface area contributed by atoms with E-state index in [1.165, 1.54) is 0 Å². The van der Waals surface area contributed by atoms with Crippen LogP contribution >= 0.6 is 11.8 Å². The minimum Gasteiger partial charge on any atom is -0.486 e. The molecule has 7 heteroatoms. The predicted molar refractivity (Wildman–Crippen MR) is 88.7 cm³/mol. The summed E-state index contributed by atoms with van der Waals surface area (Å²) in [5.74, 6) is 1.47. The van der Waals surface area contributed by atoms with Crippen molar-refractivity contribution in [1.29, 1.82) is 0 Å². The van der Waals surface area contributed by atoms with E-state index in [-0.39, 0.29) is 12.0 Å². The highest BCUT2D eigenvalue weighted by molar-refractivity contribution is 8.16.